The minimum Gasteiger partial charge on any atom is -0.493 e. The van der Waals surface area contributed by atoms with E-state index in [4.69, 9.17) is 35.2 Å². The lowest BCUT2D eigenvalue weighted by molar-refractivity contribution is -0.140. The zero-order valence-electron chi connectivity index (χ0n) is 21.1. The molecule has 38 heavy (non-hydrogen) atoms. The molecule has 1 heterocycles. The molecular weight excluding hydrogens is 496 g/mol. The third kappa shape index (κ3) is 5.31. The molecule has 1 unspecified atom stereocenters. The summed E-state index contributed by atoms with van der Waals surface area (Å²) in [5.41, 5.74) is 12.6. The molecule has 0 saturated carbocycles. The average Bonchev–Trinajstić information content (AvgIpc) is 2.92. The van der Waals surface area contributed by atoms with Crippen LogP contribution in [0.4, 0.5) is 16.2 Å². The summed E-state index contributed by atoms with van der Waals surface area (Å²) in [6.45, 7) is 0. The number of nitrogens with two attached hydrogens (primary N) is 2. The quantitative estimate of drug-likeness (QED) is 0.490. The van der Waals surface area contributed by atoms with E-state index in [2.05, 4.69) is 0 Å². The minimum atomic E-state index is -1.08. The van der Waals surface area contributed by atoms with Crippen molar-refractivity contribution in [1.29, 1.82) is 5.26 Å². The number of urea groups is 1. The molecule has 1 aliphatic rings. The molecule has 0 aliphatic carbocycles. The van der Waals surface area contributed by atoms with Crippen LogP contribution in [0.15, 0.2) is 65.3 Å². The van der Waals surface area contributed by atoms with Crippen LogP contribution in [0.25, 0.3) is 0 Å². The molecule has 2 aromatic rings. The lowest BCUT2D eigenvalue weighted by Crippen LogP contribution is -2.31. The highest BCUT2D eigenvalue weighted by molar-refractivity contribution is 5.99. The van der Waals surface area contributed by atoms with Crippen LogP contribution in [0.1, 0.15) is 17.9 Å². The molecule has 4 N–H and O–H groups in total. The number of amides is 2. The number of hydrogen-bond acceptors (Lipinski definition) is 10. The summed E-state index contributed by atoms with van der Waals surface area (Å²) < 4.78 is 25.7. The van der Waals surface area contributed by atoms with Crippen molar-refractivity contribution in [1.82, 2.24) is 0 Å². The van der Waals surface area contributed by atoms with E-state index in [1.54, 1.807) is 42.5 Å². The highest BCUT2D eigenvalue weighted by atomic mass is 16.5. The van der Waals surface area contributed by atoms with E-state index in [1.165, 1.54) is 26.2 Å². The smallest absolute Gasteiger partial charge is 0.338 e. The number of benzene rings is 2. The molecule has 3 rings (SSSR count). The van der Waals surface area contributed by atoms with Gasteiger partial charge in [-0.05, 0) is 29.8 Å². The van der Waals surface area contributed by atoms with Gasteiger partial charge in [0.15, 0.2) is 11.5 Å². The first-order chi connectivity index (χ1) is 18.2. The lowest BCUT2D eigenvalue weighted by atomic mass is 9.82. The van der Waals surface area contributed by atoms with Crippen LogP contribution in [-0.4, -0.2) is 46.4 Å². The number of nitriles is 1. The molecule has 0 spiro atoms. The first-order valence-electron chi connectivity index (χ1n) is 11.1. The molecule has 0 aromatic heterocycles. The van der Waals surface area contributed by atoms with Crippen molar-refractivity contribution >= 4 is 29.3 Å². The van der Waals surface area contributed by atoms with Crippen LogP contribution in [-0.2, 0) is 23.8 Å². The van der Waals surface area contributed by atoms with Gasteiger partial charge in [-0.25, -0.2) is 9.59 Å². The van der Waals surface area contributed by atoms with Gasteiger partial charge < -0.3 is 35.2 Å². The Hall–Kier alpha value is -5.18. The summed E-state index contributed by atoms with van der Waals surface area (Å²) in [5.74, 6) is -2.23. The molecule has 12 heteroatoms. The Bertz CT molecular complexity index is 1380. The second kappa shape index (κ2) is 11.7. The van der Waals surface area contributed by atoms with Gasteiger partial charge in [0.25, 0.3) is 0 Å². The van der Waals surface area contributed by atoms with Crippen molar-refractivity contribution in [3.8, 4) is 17.6 Å². The molecular formula is C26H26N4O8. The van der Waals surface area contributed by atoms with E-state index in [0.29, 0.717) is 28.4 Å². The first-order valence-corrected chi connectivity index (χ1v) is 11.1. The number of esters is 2. The predicted molar refractivity (Wildman–Crippen MR) is 134 cm³/mol. The van der Waals surface area contributed by atoms with Crippen molar-refractivity contribution in [3.63, 3.8) is 0 Å². The van der Waals surface area contributed by atoms with E-state index in [9.17, 15) is 19.6 Å². The molecule has 2 amide bonds. The van der Waals surface area contributed by atoms with Crippen LogP contribution < -0.4 is 25.8 Å². The Morgan fingerprint density at radius 2 is 1.68 bits per heavy atom. The third-order valence-electron chi connectivity index (χ3n) is 5.74. The standard InChI is InChI=1S/C26H26N4O8/c1-34-18-9-8-16(11-19(18)35-2)30(26(29)33)15-7-5-6-14(10-15)22-17(13-27)24(28)38-20(12-21(31)36-3)23(22)25(32)37-4/h5-11,22H,12,28H2,1-4H3,(H2,29,33). The summed E-state index contributed by atoms with van der Waals surface area (Å²) in [6, 6.07) is 12.3. The zero-order valence-corrected chi connectivity index (χ0v) is 21.1. The van der Waals surface area contributed by atoms with Gasteiger partial charge in [-0.2, -0.15) is 5.26 Å². The fourth-order valence-electron chi connectivity index (χ4n) is 4.03. The normalized spacial score (nSPS) is 14.7. The van der Waals surface area contributed by atoms with E-state index in [1.807, 2.05) is 6.07 Å². The molecule has 1 aliphatic heterocycles. The molecule has 0 radical (unpaired) electrons. The number of carbonyl (C=O) groups is 3. The summed E-state index contributed by atoms with van der Waals surface area (Å²) in [7, 11) is 5.26. The van der Waals surface area contributed by atoms with Crippen LogP contribution in [0.5, 0.6) is 11.5 Å². The Kier molecular flexibility index (Phi) is 8.44. The maximum atomic E-state index is 12.9. The van der Waals surface area contributed by atoms with Gasteiger partial charge in [-0.3, -0.25) is 9.69 Å². The van der Waals surface area contributed by atoms with Crippen molar-refractivity contribution in [2.24, 2.45) is 11.5 Å². The Morgan fingerprint density at radius 1 is 1.00 bits per heavy atom. The fourth-order valence-corrected chi connectivity index (χ4v) is 4.03. The number of anilines is 2. The number of rotatable bonds is 8. The van der Waals surface area contributed by atoms with Crippen LogP contribution in [0, 0.1) is 11.3 Å². The first kappa shape index (κ1) is 27.4. The molecule has 198 valence electrons. The number of allylic oxidation sites excluding steroid dienone is 1. The number of primary amides is 1. The summed E-state index contributed by atoms with van der Waals surface area (Å²) >= 11 is 0. The van der Waals surface area contributed by atoms with Crippen LogP contribution in [0.3, 0.4) is 0 Å². The van der Waals surface area contributed by atoms with Gasteiger partial charge in [-0.15, -0.1) is 0 Å². The van der Waals surface area contributed by atoms with E-state index >= 15 is 0 Å². The van der Waals surface area contributed by atoms with Gasteiger partial charge in [0.2, 0.25) is 5.88 Å². The van der Waals surface area contributed by atoms with Gasteiger partial charge >= 0.3 is 18.0 Å². The van der Waals surface area contributed by atoms with Gasteiger partial charge in [0.1, 0.15) is 23.8 Å². The predicted octanol–water partition coefficient (Wildman–Crippen LogP) is 2.72. The molecule has 1 atom stereocenters. The lowest BCUT2D eigenvalue weighted by Gasteiger charge is -2.28. The molecule has 0 saturated heterocycles. The highest BCUT2D eigenvalue weighted by Crippen LogP contribution is 2.42. The van der Waals surface area contributed by atoms with Crippen molar-refractivity contribution in [2.75, 3.05) is 33.3 Å². The number of hydrogen-bond donors (Lipinski definition) is 2. The Labute approximate surface area is 218 Å². The monoisotopic (exact) mass is 522 g/mol. The Morgan fingerprint density at radius 3 is 2.26 bits per heavy atom. The second-order valence-corrected chi connectivity index (χ2v) is 7.81. The van der Waals surface area contributed by atoms with Gasteiger partial charge in [-0.1, -0.05) is 12.1 Å². The zero-order chi connectivity index (χ0) is 28.0. The van der Waals surface area contributed by atoms with Crippen molar-refractivity contribution < 1.29 is 38.1 Å². The Balaban J connectivity index is 2.21. The van der Waals surface area contributed by atoms with E-state index in [-0.39, 0.29) is 22.8 Å². The summed E-state index contributed by atoms with van der Waals surface area (Å²) in [6.07, 6.45) is -0.435. The highest BCUT2D eigenvalue weighted by Gasteiger charge is 2.38. The average molecular weight is 523 g/mol. The van der Waals surface area contributed by atoms with Crippen LogP contribution >= 0.6 is 0 Å². The SMILES string of the molecule is COC(=O)CC1=C(C(=O)OC)C(c2cccc(N(C(N)=O)c3ccc(OC)c(OC)c3)c2)C(C#N)=C(N)O1. The number of carbonyl (C=O) groups excluding carboxylic acids is 3. The largest absolute Gasteiger partial charge is 0.493 e. The molecule has 2 aromatic carbocycles. The van der Waals surface area contributed by atoms with Crippen LogP contribution in [0.2, 0.25) is 0 Å². The molecule has 0 bridgehead atoms. The number of nitrogens with zero attached hydrogens (tertiary/aromatic N) is 2. The van der Waals surface area contributed by atoms with Crippen molar-refractivity contribution in [2.45, 2.75) is 12.3 Å². The number of methoxy groups -OCH3 is 4. The minimum absolute atomic E-state index is 0.0899. The second-order valence-electron chi connectivity index (χ2n) is 7.81. The van der Waals surface area contributed by atoms with Gasteiger partial charge in [0.05, 0.1) is 51.3 Å². The topological polar surface area (TPSA) is 176 Å². The maximum absolute atomic E-state index is 12.9. The molecule has 0 fully saturated rings. The maximum Gasteiger partial charge on any atom is 0.338 e. The third-order valence-corrected chi connectivity index (χ3v) is 5.74. The fraction of sp³-hybridized carbons (Fsp3) is 0.231. The van der Waals surface area contributed by atoms with Gasteiger partial charge in [0, 0.05) is 6.07 Å². The van der Waals surface area contributed by atoms with E-state index < -0.39 is 30.3 Å². The molecule has 12 nitrogen and oxygen atoms in total. The summed E-state index contributed by atoms with van der Waals surface area (Å²) in [4.78, 5) is 38.7. The number of ether oxygens (including phenoxy) is 5. The summed E-state index contributed by atoms with van der Waals surface area (Å²) in [5, 5.41) is 9.89. The van der Waals surface area contributed by atoms with E-state index in [0.717, 1.165) is 7.11 Å². The van der Waals surface area contributed by atoms with Crippen molar-refractivity contribution in [3.05, 3.63) is 70.8 Å².